The smallest absolute Gasteiger partial charge is 0.410 e. The summed E-state index contributed by atoms with van der Waals surface area (Å²) in [6.45, 7) is 11.9. The summed E-state index contributed by atoms with van der Waals surface area (Å²) in [6, 6.07) is 6.87. The van der Waals surface area contributed by atoms with Crippen molar-refractivity contribution < 1.29 is 9.53 Å². The van der Waals surface area contributed by atoms with Crippen molar-refractivity contribution in [3.05, 3.63) is 29.3 Å². The third kappa shape index (κ3) is 4.47. The monoisotopic (exact) mass is 344 g/mol. The molecule has 2 fully saturated rings. The van der Waals surface area contributed by atoms with Gasteiger partial charge in [0.15, 0.2) is 0 Å². The summed E-state index contributed by atoms with van der Waals surface area (Å²) in [5.41, 5.74) is 3.65. The highest BCUT2D eigenvalue weighted by Crippen LogP contribution is 2.32. The molecule has 0 bridgehead atoms. The highest BCUT2D eigenvalue weighted by Gasteiger charge is 2.29. The second-order valence-corrected chi connectivity index (χ2v) is 8.50. The molecule has 0 aromatic heterocycles. The van der Waals surface area contributed by atoms with Gasteiger partial charge in [0.1, 0.15) is 5.60 Å². The number of piperidine rings is 1. The van der Waals surface area contributed by atoms with E-state index < -0.39 is 5.60 Å². The normalized spacial score (nSPS) is 21.5. The Morgan fingerprint density at radius 3 is 2.48 bits per heavy atom. The van der Waals surface area contributed by atoms with Gasteiger partial charge in [-0.2, -0.15) is 0 Å². The molecular formula is C21H32N2O2. The minimum atomic E-state index is -0.433. The molecule has 0 N–H and O–H groups in total. The van der Waals surface area contributed by atoms with Gasteiger partial charge >= 0.3 is 6.09 Å². The maximum Gasteiger partial charge on any atom is 0.410 e. The number of benzene rings is 1. The maximum absolute atomic E-state index is 12.4. The number of ether oxygens (including phenoxy) is 1. The van der Waals surface area contributed by atoms with Gasteiger partial charge < -0.3 is 14.5 Å². The first kappa shape index (κ1) is 18.1. The molecule has 4 heteroatoms. The van der Waals surface area contributed by atoms with Crippen LogP contribution in [0.1, 0.15) is 63.5 Å². The molecule has 2 aliphatic heterocycles. The minimum absolute atomic E-state index is 0.177. The van der Waals surface area contributed by atoms with Crippen molar-refractivity contribution in [1.82, 2.24) is 4.90 Å². The van der Waals surface area contributed by atoms with Gasteiger partial charge in [-0.1, -0.05) is 6.07 Å². The lowest BCUT2D eigenvalue weighted by Gasteiger charge is -2.35. The summed E-state index contributed by atoms with van der Waals surface area (Å²) in [4.78, 5) is 16.8. The van der Waals surface area contributed by atoms with E-state index in [1.165, 1.54) is 42.7 Å². The van der Waals surface area contributed by atoms with Crippen LogP contribution in [0.3, 0.4) is 0 Å². The molecule has 0 aliphatic carbocycles. The molecule has 1 atom stereocenters. The van der Waals surface area contributed by atoms with E-state index in [4.69, 9.17) is 4.74 Å². The number of likely N-dealkylation sites (tertiary alicyclic amines) is 1. The number of carbonyl (C=O) groups excluding carboxylic acids is 1. The van der Waals surface area contributed by atoms with Crippen molar-refractivity contribution in [3.63, 3.8) is 0 Å². The van der Waals surface area contributed by atoms with Crippen LogP contribution in [0.2, 0.25) is 0 Å². The van der Waals surface area contributed by atoms with Gasteiger partial charge in [-0.15, -0.1) is 0 Å². The Labute approximate surface area is 152 Å². The van der Waals surface area contributed by atoms with Crippen LogP contribution >= 0.6 is 0 Å². The molecule has 1 amide bonds. The van der Waals surface area contributed by atoms with Crippen LogP contribution in [-0.2, 0) is 4.74 Å². The van der Waals surface area contributed by atoms with Crippen molar-refractivity contribution in [3.8, 4) is 0 Å². The summed E-state index contributed by atoms with van der Waals surface area (Å²) >= 11 is 0. The zero-order valence-corrected chi connectivity index (χ0v) is 16.2. The highest BCUT2D eigenvalue weighted by molar-refractivity contribution is 5.68. The standard InChI is InChI=1S/C21H32N2O2/c1-16-14-18(22-11-5-6-12-22)9-10-19(16)17-8-7-13-23(15-17)20(24)25-21(2,3)4/h9-10,14,17H,5-8,11-13,15H2,1-4H3. The van der Waals surface area contributed by atoms with E-state index in [1.807, 2.05) is 25.7 Å². The van der Waals surface area contributed by atoms with E-state index in [1.54, 1.807) is 0 Å². The number of anilines is 1. The molecule has 1 aromatic carbocycles. The fourth-order valence-electron chi connectivity index (χ4n) is 4.01. The first-order valence-corrected chi connectivity index (χ1v) is 9.67. The van der Waals surface area contributed by atoms with Gasteiger partial charge in [-0.3, -0.25) is 0 Å². The lowest BCUT2D eigenvalue weighted by Crippen LogP contribution is -2.42. The summed E-state index contributed by atoms with van der Waals surface area (Å²) in [6.07, 6.45) is 4.60. The van der Waals surface area contributed by atoms with Gasteiger partial charge in [0, 0.05) is 37.8 Å². The highest BCUT2D eigenvalue weighted by atomic mass is 16.6. The Balaban J connectivity index is 1.69. The Bertz CT molecular complexity index is 615. The van der Waals surface area contributed by atoms with Crippen molar-refractivity contribution in [2.24, 2.45) is 0 Å². The molecule has 3 rings (SSSR count). The van der Waals surface area contributed by atoms with E-state index in [-0.39, 0.29) is 6.09 Å². The molecule has 1 unspecified atom stereocenters. The molecule has 2 aliphatic rings. The van der Waals surface area contributed by atoms with E-state index in [0.717, 1.165) is 25.9 Å². The molecule has 25 heavy (non-hydrogen) atoms. The van der Waals surface area contributed by atoms with Gasteiger partial charge in [-0.25, -0.2) is 4.79 Å². The molecule has 4 nitrogen and oxygen atoms in total. The number of aryl methyl sites for hydroxylation is 1. The van der Waals surface area contributed by atoms with Crippen LogP contribution in [0.15, 0.2) is 18.2 Å². The third-order valence-corrected chi connectivity index (χ3v) is 5.24. The molecule has 0 saturated carbocycles. The number of hydrogen-bond acceptors (Lipinski definition) is 3. The summed E-state index contributed by atoms with van der Waals surface area (Å²) in [5, 5.41) is 0. The minimum Gasteiger partial charge on any atom is -0.444 e. The predicted molar refractivity (Wildman–Crippen MR) is 102 cm³/mol. The van der Waals surface area contributed by atoms with Crippen LogP contribution in [0.25, 0.3) is 0 Å². The third-order valence-electron chi connectivity index (χ3n) is 5.24. The second kappa shape index (κ2) is 7.27. The quantitative estimate of drug-likeness (QED) is 0.779. The maximum atomic E-state index is 12.4. The number of carbonyl (C=O) groups is 1. The van der Waals surface area contributed by atoms with Crippen LogP contribution in [-0.4, -0.2) is 42.8 Å². The lowest BCUT2D eigenvalue weighted by molar-refractivity contribution is 0.0198. The average Bonchev–Trinajstić information content (AvgIpc) is 3.08. The number of nitrogens with zero attached hydrogens (tertiary/aromatic N) is 2. The average molecular weight is 344 g/mol. The number of amides is 1. The second-order valence-electron chi connectivity index (χ2n) is 8.50. The topological polar surface area (TPSA) is 32.8 Å². The van der Waals surface area contributed by atoms with Crippen molar-refractivity contribution >= 4 is 11.8 Å². The Morgan fingerprint density at radius 2 is 1.84 bits per heavy atom. The van der Waals surface area contributed by atoms with Crippen LogP contribution in [0.4, 0.5) is 10.5 Å². The van der Waals surface area contributed by atoms with Crippen molar-refractivity contribution in [1.29, 1.82) is 0 Å². The van der Waals surface area contributed by atoms with Gasteiger partial charge in [-0.05, 0) is 76.6 Å². The van der Waals surface area contributed by atoms with Gasteiger partial charge in [0.2, 0.25) is 0 Å². The summed E-state index contributed by atoms with van der Waals surface area (Å²) in [7, 11) is 0. The Kier molecular flexibility index (Phi) is 5.26. The number of hydrogen-bond donors (Lipinski definition) is 0. The van der Waals surface area contributed by atoms with Gasteiger partial charge in [0.25, 0.3) is 0 Å². The van der Waals surface area contributed by atoms with E-state index in [9.17, 15) is 4.79 Å². The van der Waals surface area contributed by atoms with E-state index in [2.05, 4.69) is 30.0 Å². The van der Waals surface area contributed by atoms with E-state index >= 15 is 0 Å². The molecule has 2 saturated heterocycles. The number of rotatable bonds is 2. The van der Waals surface area contributed by atoms with Crippen LogP contribution in [0.5, 0.6) is 0 Å². The first-order chi connectivity index (χ1) is 11.8. The molecule has 1 aromatic rings. The van der Waals surface area contributed by atoms with Crippen LogP contribution < -0.4 is 4.90 Å². The fourth-order valence-corrected chi connectivity index (χ4v) is 4.01. The van der Waals surface area contributed by atoms with Gasteiger partial charge in [0.05, 0.1) is 0 Å². The molecular weight excluding hydrogens is 312 g/mol. The fraction of sp³-hybridized carbons (Fsp3) is 0.667. The molecule has 0 spiro atoms. The zero-order valence-electron chi connectivity index (χ0n) is 16.2. The molecule has 0 radical (unpaired) electrons. The first-order valence-electron chi connectivity index (χ1n) is 9.67. The summed E-state index contributed by atoms with van der Waals surface area (Å²) in [5.74, 6) is 0.411. The summed E-state index contributed by atoms with van der Waals surface area (Å²) < 4.78 is 5.56. The van der Waals surface area contributed by atoms with Crippen molar-refractivity contribution in [2.45, 2.75) is 64.9 Å². The predicted octanol–water partition coefficient (Wildman–Crippen LogP) is 4.71. The SMILES string of the molecule is Cc1cc(N2CCCC2)ccc1C1CCCN(C(=O)OC(C)(C)C)C1. The molecule has 2 heterocycles. The van der Waals surface area contributed by atoms with Crippen LogP contribution in [0, 0.1) is 6.92 Å². The van der Waals surface area contributed by atoms with Crippen molar-refractivity contribution in [2.75, 3.05) is 31.1 Å². The lowest BCUT2D eigenvalue weighted by atomic mass is 9.88. The van der Waals surface area contributed by atoms with E-state index in [0.29, 0.717) is 5.92 Å². The zero-order chi connectivity index (χ0) is 18.0. The Morgan fingerprint density at radius 1 is 1.12 bits per heavy atom. The largest absolute Gasteiger partial charge is 0.444 e. The Hall–Kier alpha value is -1.71. The molecule has 138 valence electrons.